The van der Waals surface area contributed by atoms with Crippen LogP contribution in [0, 0.1) is 5.41 Å². The van der Waals surface area contributed by atoms with Gasteiger partial charge in [-0.15, -0.1) is 0 Å². The van der Waals surface area contributed by atoms with Gasteiger partial charge in [-0.05, 0) is 24.7 Å². The van der Waals surface area contributed by atoms with Gasteiger partial charge in [-0.25, -0.2) is 4.98 Å². The van der Waals surface area contributed by atoms with Crippen molar-refractivity contribution in [2.45, 2.75) is 46.6 Å². The third-order valence-electron chi connectivity index (χ3n) is 3.63. The third-order valence-corrected chi connectivity index (χ3v) is 4.78. The van der Waals surface area contributed by atoms with Crippen LogP contribution in [0.4, 0.5) is 5.13 Å². The summed E-state index contributed by atoms with van der Waals surface area (Å²) in [6, 6.07) is 0. The Hall–Kier alpha value is -0.610. The molecule has 0 amide bonds. The molecule has 0 saturated carbocycles. The Labute approximate surface area is 107 Å². The summed E-state index contributed by atoms with van der Waals surface area (Å²) in [7, 11) is 0. The van der Waals surface area contributed by atoms with Gasteiger partial charge < -0.3 is 10.0 Å². The highest BCUT2D eigenvalue weighted by Crippen LogP contribution is 2.34. The SMILES string of the molecule is CCc1nc(N2CCC(C)(C)CC2)sc1CO. The van der Waals surface area contributed by atoms with Crippen molar-refractivity contribution in [3.05, 3.63) is 10.6 Å². The summed E-state index contributed by atoms with van der Waals surface area (Å²) in [4.78, 5) is 8.06. The van der Waals surface area contributed by atoms with Crippen LogP contribution < -0.4 is 4.90 Å². The van der Waals surface area contributed by atoms with Gasteiger partial charge in [0.05, 0.1) is 17.2 Å². The summed E-state index contributed by atoms with van der Waals surface area (Å²) >= 11 is 1.66. The number of anilines is 1. The molecule has 17 heavy (non-hydrogen) atoms. The first-order chi connectivity index (χ1) is 8.05. The summed E-state index contributed by atoms with van der Waals surface area (Å²) in [5, 5.41) is 10.4. The Morgan fingerprint density at radius 1 is 1.35 bits per heavy atom. The number of aliphatic hydroxyl groups is 1. The van der Waals surface area contributed by atoms with Crippen LogP contribution in [0.5, 0.6) is 0 Å². The maximum Gasteiger partial charge on any atom is 0.185 e. The predicted molar refractivity (Wildman–Crippen MR) is 72.6 cm³/mol. The molecular formula is C13H22N2OS. The summed E-state index contributed by atoms with van der Waals surface area (Å²) < 4.78 is 0. The summed E-state index contributed by atoms with van der Waals surface area (Å²) in [6.07, 6.45) is 3.36. The van der Waals surface area contributed by atoms with Crippen molar-refractivity contribution in [3.63, 3.8) is 0 Å². The van der Waals surface area contributed by atoms with Crippen molar-refractivity contribution in [3.8, 4) is 0 Å². The Morgan fingerprint density at radius 2 is 2.00 bits per heavy atom. The number of rotatable bonds is 3. The van der Waals surface area contributed by atoms with E-state index in [1.165, 1.54) is 12.8 Å². The highest BCUT2D eigenvalue weighted by molar-refractivity contribution is 7.15. The van der Waals surface area contributed by atoms with Crippen molar-refractivity contribution in [1.82, 2.24) is 4.98 Å². The van der Waals surface area contributed by atoms with Crippen molar-refractivity contribution < 1.29 is 5.11 Å². The van der Waals surface area contributed by atoms with Gasteiger partial charge in [0.15, 0.2) is 5.13 Å². The van der Waals surface area contributed by atoms with E-state index >= 15 is 0 Å². The number of nitrogens with zero attached hydrogens (tertiary/aromatic N) is 2. The van der Waals surface area contributed by atoms with E-state index in [2.05, 4.69) is 30.7 Å². The van der Waals surface area contributed by atoms with E-state index in [1.54, 1.807) is 11.3 Å². The fraction of sp³-hybridized carbons (Fsp3) is 0.769. The molecule has 96 valence electrons. The monoisotopic (exact) mass is 254 g/mol. The summed E-state index contributed by atoms with van der Waals surface area (Å²) in [6.45, 7) is 9.08. The lowest BCUT2D eigenvalue weighted by atomic mass is 9.83. The topological polar surface area (TPSA) is 36.4 Å². The van der Waals surface area contributed by atoms with Crippen LogP contribution in [-0.4, -0.2) is 23.2 Å². The average Bonchev–Trinajstić information content (AvgIpc) is 2.72. The van der Waals surface area contributed by atoms with Crippen LogP contribution in [0.1, 0.15) is 44.2 Å². The predicted octanol–water partition coefficient (Wildman–Crippen LogP) is 2.82. The molecule has 0 atom stereocenters. The van der Waals surface area contributed by atoms with Gasteiger partial charge in [0.1, 0.15) is 0 Å². The van der Waals surface area contributed by atoms with Crippen LogP contribution in [0.25, 0.3) is 0 Å². The molecular weight excluding hydrogens is 232 g/mol. The van der Waals surface area contributed by atoms with Gasteiger partial charge >= 0.3 is 0 Å². The lowest BCUT2D eigenvalue weighted by molar-refractivity contribution is 0.279. The number of aromatic nitrogens is 1. The maximum absolute atomic E-state index is 9.30. The van der Waals surface area contributed by atoms with Crippen molar-refractivity contribution in [2.75, 3.05) is 18.0 Å². The minimum absolute atomic E-state index is 0.125. The molecule has 2 heterocycles. The smallest absolute Gasteiger partial charge is 0.185 e. The highest BCUT2D eigenvalue weighted by atomic mass is 32.1. The molecule has 1 fully saturated rings. The zero-order chi connectivity index (χ0) is 12.5. The Morgan fingerprint density at radius 3 is 2.47 bits per heavy atom. The standard InChI is InChI=1S/C13H22N2OS/c1-4-10-11(9-16)17-12(14-10)15-7-5-13(2,3)6-8-15/h16H,4-9H2,1-3H3. The molecule has 1 aromatic rings. The Balaban J connectivity index is 2.10. The minimum Gasteiger partial charge on any atom is -0.391 e. The van der Waals surface area contributed by atoms with Gasteiger partial charge in [-0.3, -0.25) is 0 Å². The van der Waals surface area contributed by atoms with Crippen molar-refractivity contribution in [1.29, 1.82) is 0 Å². The molecule has 0 spiro atoms. The number of hydrogen-bond acceptors (Lipinski definition) is 4. The van der Waals surface area contributed by atoms with E-state index < -0.39 is 0 Å². The fourth-order valence-corrected chi connectivity index (χ4v) is 3.27. The van der Waals surface area contributed by atoms with E-state index in [1.807, 2.05) is 0 Å². The molecule has 0 aliphatic carbocycles. The average molecular weight is 254 g/mol. The van der Waals surface area contributed by atoms with Crippen molar-refractivity contribution in [2.24, 2.45) is 5.41 Å². The van der Waals surface area contributed by atoms with E-state index in [4.69, 9.17) is 0 Å². The van der Waals surface area contributed by atoms with Crippen LogP contribution in [-0.2, 0) is 13.0 Å². The van der Waals surface area contributed by atoms with Gasteiger partial charge in [0.2, 0.25) is 0 Å². The second kappa shape index (κ2) is 4.94. The second-order valence-corrected chi connectivity index (χ2v) is 6.59. The molecule has 1 aliphatic rings. The summed E-state index contributed by atoms with van der Waals surface area (Å²) in [5.41, 5.74) is 1.54. The molecule has 0 aromatic carbocycles. The first-order valence-electron chi connectivity index (χ1n) is 6.40. The van der Waals surface area contributed by atoms with Crippen LogP contribution in [0.3, 0.4) is 0 Å². The zero-order valence-electron chi connectivity index (χ0n) is 11.0. The zero-order valence-corrected chi connectivity index (χ0v) is 11.8. The van der Waals surface area contributed by atoms with Gasteiger partial charge in [-0.1, -0.05) is 32.1 Å². The number of aliphatic hydroxyl groups excluding tert-OH is 1. The first kappa shape index (κ1) is 12.8. The molecule has 1 N–H and O–H groups in total. The molecule has 0 bridgehead atoms. The Kier molecular flexibility index (Phi) is 3.73. The van der Waals surface area contributed by atoms with E-state index in [0.717, 1.165) is 35.2 Å². The highest BCUT2D eigenvalue weighted by Gasteiger charge is 2.27. The number of piperidine rings is 1. The number of thiazole rings is 1. The van der Waals surface area contributed by atoms with Crippen LogP contribution >= 0.6 is 11.3 Å². The lowest BCUT2D eigenvalue weighted by Crippen LogP contribution is -2.37. The maximum atomic E-state index is 9.30. The molecule has 2 rings (SSSR count). The molecule has 1 aromatic heterocycles. The fourth-order valence-electron chi connectivity index (χ4n) is 2.21. The van der Waals surface area contributed by atoms with E-state index in [0.29, 0.717) is 5.41 Å². The number of aryl methyl sites for hydroxylation is 1. The summed E-state index contributed by atoms with van der Waals surface area (Å²) in [5.74, 6) is 0. The Bertz CT molecular complexity index is 355. The molecule has 4 heteroatoms. The molecule has 3 nitrogen and oxygen atoms in total. The lowest BCUT2D eigenvalue weighted by Gasteiger charge is -2.36. The third kappa shape index (κ3) is 2.80. The van der Waals surface area contributed by atoms with Gasteiger partial charge in [-0.2, -0.15) is 0 Å². The normalized spacial score (nSPS) is 19.6. The van der Waals surface area contributed by atoms with Gasteiger partial charge in [0.25, 0.3) is 0 Å². The van der Waals surface area contributed by atoms with E-state index in [9.17, 15) is 5.11 Å². The van der Waals surface area contributed by atoms with Crippen molar-refractivity contribution >= 4 is 16.5 Å². The molecule has 0 unspecified atom stereocenters. The number of hydrogen-bond donors (Lipinski definition) is 1. The molecule has 0 radical (unpaired) electrons. The minimum atomic E-state index is 0.125. The van der Waals surface area contributed by atoms with Crippen LogP contribution in [0.2, 0.25) is 0 Å². The second-order valence-electron chi connectivity index (χ2n) is 5.53. The molecule has 1 aliphatic heterocycles. The first-order valence-corrected chi connectivity index (χ1v) is 7.22. The van der Waals surface area contributed by atoms with E-state index in [-0.39, 0.29) is 6.61 Å². The van der Waals surface area contributed by atoms with Gasteiger partial charge in [0, 0.05) is 13.1 Å². The van der Waals surface area contributed by atoms with Crippen LogP contribution in [0.15, 0.2) is 0 Å². The quantitative estimate of drug-likeness (QED) is 0.901. The molecule has 1 saturated heterocycles. The largest absolute Gasteiger partial charge is 0.391 e.